The van der Waals surface area contributed by atoms with Crippen LogP contribution in [0.25, 0.3) is 0 Å². The third kappa shape index (κ3) is 13.9. The molecule has 0 aliphatic carbocycles. The Balaban J connectivity index is 2.83. The fourth-order valence-corrected chi connectivity index (χ4v) is 1.67. The van der Waals surface area contributed by atoms with Crippen molar-refractivity contribution in [3.8, 4) is 0 Å². The van der Waals surface area contributed by atoms with Crippen molar-refractivity contribution in [2.45, 2.75) is 78.1 Å². The van der Waals surface area contributed by atoms with Gasteiger partial charge >= 0.3 is 0 Å². The van der Waals surface area contributed by atoms with Gasteiger partial charge < -0.3 is 0 Å². The van der Waals surface area contributed by atoms with Gasteiger partial charge in [0.2, 0.25) is 0 Å². The van der Waals surface area contributed by atoms with Gasteiger partial charge in [0.15, 0.2) is 0 Å². The van der Waals surface area contributed by atoms with Crippen molar-refractivity contribution in [2.24, 2.45) is 0 Å². The van der Waals surface area contributed by atoms with E-state index in [0.29, 0.717) is 0 Å². The van der Waals surface area contributed by atoms with Crippen LogP contribution in [-0.2, 0) is 9.78 Å². The minimum Gasteiger partial charge on any atom is -0.237 e. The lowest BCUT2D eigenvalue weighted by atomic mass is 10.1. The van der Waals surface area contributed by atoms with Gasteiger partial charge in [0.1, 0.15) is 0 Å². The second-order valence-electron chi connectivity index (χ2n) is 4.47. The van der Waals surface area contributed by atoms with Crippen LogP contribution in [0.4, 0.5) is 0 Å². The Bertz CT molecular complexity index is 101. The fraction of sp³-hybridized carbons (Fsp3) is 1.00. The fourth-order valence-electron chi connectivity index (χ4n) is 1.67. The molecule has 0 radical (unpaired) electrons. The van der Waals surface area contributed by atoms with Gasteiger partial charge in [0.05, 0.1) is 13.2 Å². The first-order valence-electron chi connectivity index (χ1n) is 7.16. The van der Waals surface area contributed by atoms with Crippen molar-refractivity contribution in [1.29, 1.82) is 0 Å². The molecule has 0 aromatic heterocycles. The van der Waals surface area contributed by atoms with E-state index in [1.807, 2.05) is 0 Å². The molecule has 0 fully saturated rings. The quantitative estimate of drug-likeness (QED) is 0.255. The van der Waals surface area contributed by atoms with Crippen molar-refractivity contribution in [3.05, 3.63) is 0 Å². The Morgan fingerprint density at radius 2 is 1.00 bits per heavy atom. The third-order valence-electron chi connectivity index (χ3n) is 2.70. The Morgan fingerprint density at radius 1 is 0.500 bits per heavy atom. The highest BCUT2D eigenvalue weighted by Crippen LogP contribution is 2.09. The Morgan fingerprint density at radius 3 is 1.56 bits per heavy atom. The van der Waals surface area contributed by atoms with E-state index in [4.69, 9.17) is 9.78 Å². The smallest absolute Gasteiger partial charge is 0.0822 e. The molecular formula is C14H30O2. The van der Waals surface area contributed by atoms with Crippen molar-refractivity contribution in [2.75, 3.05) is 13.2 Å². The van der Waals surface area contributed by atoms with E-state index in [1.54, 1.807) is 0 Å². The average Bonchev–Trinajstić information content (AvgIpc) is 2.31. The molecule has 0 spiro atoms. The average molecular weight is 230 g/mol. The molecule has 0 aromatic carbocycles. The van der Waals surface area contributed by atoms with E-state index in [0.717, 1.165) is 26.1 Å². The van der Waals surface area contributed by atoms with Gasteiger partial charge in [-0.1, -0.05) is 65.2 Å². The topological polar surface area (TPSA) is 18.5 Å². The Kier molecular flexibility index (Phi) is 14.8. The van der Waals surface area contributed by atoms with E-state index < -0.39 is 0 Å². The van der Waals surface area contributed by atoms with Crippen LogP contribution in [0.3, 0.4) is 0 Å². The summed E-state index contributed by atoms with van der Waals surface area (Å²) in [5.74, 6) is 0. The summed E-state index contributed by atoms with van der Waals surface area (Å²) in [6, 6.07) is 0. The highest BCUT2D eigenvalue weighted by Gasteiger charge is 1.92. The molecule has 0 unspecified atom stereocenters. The number of rotatable bonds is 13. The summed E-state index contributed by atoms with van der Waals surface area (Å²) in [6.45, 7) is 5.83. The summed E-state index contributed by atoms with van der Waals surface area (Å²) in [5.41, 5.74) is 0. The summed E-state index contributed by atoms with van der Waals surface area (Å²) < 4.78 is 0. The lowest BCUT2D eigenvalue weighted by Gasteiger charge is -2.03. The van der Waals surface area contributed by atoms with E-state index >= 15 is 0 Å². The maximum absolute atomic E-state index is 5.03. The van der Waals surface area contributed by atoms with Crippen LogP contribution in [0.15, 0.2) is 0 Å². The Labute approximate surface area is 102 Å². The Hall–Kier alpha value is -0.0800. The van der Waals surface area contributed by atoms with Crippen LogP contribution in [-0.4, -0.2) is 13.2 Å². The number of unbranched alkanes of at least 4 members (excludes halogenated alkanes) is 8. The monoisotopic (exact) mass is 230 g/mol. The van der Waals surface area contributed by atoms with Crippen molar-refractivity contribution in [3.63, 3.8) is 0 Å². The van der Waals surface area contributed by atoms with Gasteiger partial charge in [-0.15, -0.1) is 0 Å². The molecule has 0 heterocycles. The zero-order chi connectivity index (χ0) is 11.9. The van der Waals surface area contributed by atoms with Gasteiger partial charge in [0, 0.05) is 0 Å². The largest absolute Gasteiger partial charge is 0.237 e. The molecule has 0 aromatic rings. The van der Waals surface area contributed by atoms with Crippen LogP contribution in [0.1, 0.15) is 78.1 Å². The molecule has 98 valence electrons. The van der Waals surface area contributed by atoms with Gasteiger partial charge in [0.25, 0.3) is 0 Å². The first kappa shape index (κ1) is 15.9. The molecule has 0 aliphatic heterocycles. The highest BCUT2D eigenvalue weighted by molar-refractivity contribution is 4.46. The highest BCUT2D eigenvalue weighted by atomic mass is 17.2. The van der Waals surface area contributed by atoms with Gasteiger partial charge in [-0.05, 0) is 12.8 Å². The minimum absolute atomic E-state index is 0.720. The molecule has 0 aliphatic rings. The van der Waals surface area contributed by atoms with E-state index in [9.17, 15) is 0 Å². The third-order valence-corrected chi connectivity index (χ3v) is 2.70. The second-order valence-corrected chi connectivity index (χ2v) is 4.47. The normalized spacial score (nSPS) is 10.9. The van der Waals surface area contributed by atoms with Gasteiger partial charge in [-0.25, -0.2) is 9.78 Å². The SMILES string of the molecule is CCCCCCCCCCCOOCCC. The van der Waals surface area contributed by atoms with Crippen LogP contribution in [0.2, 0.25) is 0 Å². The maximum atomic E-state index is 5.03. The standard InChI is InChI=1S/C14H30O2/c1-3-5-6-7-8-9-10-11-12-14-16-15-13-4-2/h3-14H2,1-2H3. The number of hydrogen-bond acceptors (Lipinski definition) is 2. The molecular weight excluding hydrogens is 200 g/mol. The molecule has 0 N–H and O–H groups in total. The molecule has 0 amide bonds. The molecule has 0 bridgehead atoms. The maximum Gasteiger partial charge on any atom is 0.0822 e. The first-order valence-corrected chi connectivity index (χ1v) is 7.16. The van der Waals surface area contributed by atoms with Gasteiger partial charge in [-0.2, -0.15) is 0 Å². The molecule has 0 saturated carbocycles. The predicted molar refractivity (Wildman–Crippen MR) is 69.4 cm³/mol. The minimum atomic E-state index is 0.720. The van der Waals surface area contributed by atoms with E-state index in [2.05, 4.69) is 13.8 Å². The summed E-state index contributed by atoms with van der Waals surface area (Å²) in [4.78, 5) is 9.99. The molecule has 0 saturated heterocycles. The summed E-state index contributed by atoms with van der Waals surface area (Å²) in [5, 5.41) is 0. The van der Waals surface area contributed by atoms with E-state index in [1.165, 1.54) is 51.4 Å². The molecule has 2 nitrogen and oxygen atoms in total. The predicted octanol–water partition coefficient (Wildman–Crippen LogP) is 4.88. The van der Waals surface area contributed by atoms with Crippen molar-refractivity contribution >= 4 is 0 Å². The van der Waals surface area contributed by atoms with Crippen LogP contribution < -0.4 is 0 Å². The molecule has 16 heavy (non-hydrogen) atoms. The second kappa shape index (κ2) is 14.9. The van der Waals surface area contributed by atoms with Gasteiger partial charge in [-0.3, -0.25) is 0 Å². The molecule has 0 atom stereocenters. The van der Waals surface area contributed by atoms with Crippen molar-refractivity contribution < 1.29 is 9.78 Å². The number of hydrogen-bond donors (Lipinski definition) is 0. The first-order chi connectivity index (χ1) is 7.91. The summed E-state index contributed by atoms with van der Waals surface area (Å²) in [6.07, 6.45) is 13.2. The molecule has 0 rings (SSSR count). The zero-order valence-electron chi connectivity index (χ0n) is 11.3. The van der Waals surface area contributed by atoms with Crippen LogP contribution >= 0.6 is 0 Å². The summed E-state index contributed by atoms with van der Waals surface area (Å²) in [7, 11) is 0. The van der Waals surface area contributed by atoms with Crippen LogP contribution in [0, 0.1) is 0 Å². The van der Waals surface area contributed by atoms with Crippen molar-refractivity contribution in [1.82, 2.24) is 0 Å². The van der Waals surface area contributed by atoms with E-state index in [-0.39, 0.29) is 0 Å². The van der Waals surface area contributed by atoms with Crippen LogP contribution in [0.5, 0.6) is 0 Å². The summed E-state index contributed by atoms with van der Waals surface area (Å²) >= 11 is 0. The lowest BCUT2D eigenvalue weighted by Crippen LogP contribution is -1.97. The molecule has 2 heteroatoms. The zero-order valence-corrected chi connectivity index (χ0v) is 11.3. The lowest BCUT2D eigenvalue weighted by molar-refractivity contribution is -0.294.